The zero-order chi connectivity index (χ0) is 15.4. The first-order chi connectivity index (χ1) is 9.99. The highest BCUT2D eigenvalue weighted by Gasteiger charge is 2.19. The third kappa shape index (κ3) is 3.71. The highest BCUT2D eigenvalue weighted by atomic mass is 35.5. The Hall–Kier alpha value is -2.11. The van der Waals surface area contributed by atoms with Crippen LogP contribution in [0.3, 0.4) is 0 Å². The summed E-state index contributed by atoms with van der Waals surface area (Å²) in [5.74, 6) is -0.452. The van der Waals surface area contributed by atoms with Crippen LogP contribution in [0.25, 0.3) is 0 Å². The Bertz CT molecular complexity index is 686. The standard InChI is InChI=1S/C14H9Cl2NO4/c15-10-6-4-9(5-7-10)13(18)8-21-14-11(16)2-1-3-12(14)17(19)20/h1-7H,8H2. The van der Waals surface area contributed by atoms with Crippen LogP contribution < -0.4 is 4.74 Å². The number of benzene rings is 2. The molecule has 0 aromatic heterocycles. The van der Waals surface area contributed by atoms with Gasteiger partial charge >= 0.3 is 5.69 Å². The molecule has 0 aliphatic carbocycles. The average Bonchev–Trinajstić information content (AvgIpc) is 2.46. The van der Waals surface area contributed by atoms with Crippen molar-refractivity contribution in [1.29, 1.82) is 0 Å². The molecule has 0 N–H and O–H groups in total. The lowest BCUT2D eigenvalue weighted by Crippen LogP contribution is -2.12. The van der Waals surface area contributed by atoms with Crippen LogP contribution in [0.2, 0.25) is 10.0 Å². The van der Waals surface area contributed by atoms with Crippen LogP contribution in [0, 0.1) is 10.1 Å². The fraction of sp³-hybridized carbons (Fsp3) is 0.0714. The van der Waals surface area contributed by atoms with Crippen LogP contribution >= 0.6 is 23.2 Å². The number of ether oxygens (including phenoxy) is 1. The van der Waals surface area contributed by atoms with Crippen molar-refractivity contribution in [2.45, 2.75) is 0 Å². The summed E-state index contributed by atoms with van der Waals surface area (Å²) in [6.07, 6.45) is 0. The molecule has 0 amide bonds. The fourth-order valence-electron chi connectivity index (χ4n) is 1.64. The molecule has 0 radical (unpaired) electrons. The van der Waals surface area contributed by atoms with E-state index in [9.17, 15) is 14.9 Å². The van der Waals surface area contributed by atoms with Crippen LogP contribution in [0.15, 0.2) is 42.5 Å². The maximum absolute atomic E-state index is 11.9. The van der Waals surface area contributed by atoms with E-state index in [1.165, 1.54) is 18.2 Å². The molecule has 108 valence electrons. The van der Waals surface area contributed by atoms with Crippen molar-refractivity contribution in [2.24, 2.45) is 0 Å². The molecule has 0 unspecified atom stereocenters. The Kier molecular flexibility index (Phi) is 4.77. The number of rotatable bonds is 5. The van der Waals surface area contributed by atoms with Crippen molar-refractivity contribution in [1.82, 2.24) is 0 Å². The van der Waals surface area contributed by atoms with Gasteiger partial charge in [0.1, 0.15) is 0 Å². The maximum atomic E-state index is 11.9. The topological polar surface area (TPSA) is 69.4 Å². The van der Waals surface area contributed by atoms with Crippen LogP contribution in [0.5, 0.6) is 5.75 Å². The number of nitro groups is 1. The van der Waals surface area contributed by atoms with Gasteiger partial charge in [-0.05, 0) is 30.3 Å². The van der Waals surface area contributed by atoms with Crippen molar-refractivity contribution in [3.05, 3.63) is 68.2 Å². The lowest BCUT2D eigenvalue weighted by atomic mass is 10.1. The summed E-state index contributed by atoms with van der Waals surface area (Å²) in [4.78, 5) is 22.2. The van der Waals surface area contributed by atoms with Gasteiger partial charge in [-0.15, -0.1) is 0 Å². The number of Topliss-reactive ketones (excluding diaryl/α,β-unsaturated/α-hetero) is 1. The second kappa shape index (κ2) is 6.56. The SMILES string of the molecule is O=C(COc1c(Cl)cccc1[N+](=O)[O-])c1ccc(Cl)cc1. The summed E-state index contributed by atoms with van der Waals surface area (Å²) in [6, 6.07) is 10.4. The van der Waals surface area contributed by atoms with E-state index in [0.29, 0.717) is 10.6 Å². The zero-order valence-corrected chi connectivity index (χ0v) is 12.1. The lowest BCUT2D eigenvalue weighted by molar-refractivity contribution is -0.385. The number of nitrogens with zero attached hydrogens (tertiary/aromatic N) is 1. The Morgan fingerprint density at radius 3 is 2.43 bits per heavy atom. The Morgan fingerprint density at radius 2 is 1.81 bits per heavy atom. The summed E-state index contributed by atoms with van der Waals surface area (Å²) in [7, 11) is 0. The maximum Gasteiger partial charge on any atom is 0.312 e. The molecule has 0 aliphatic rings. The average molecular weight is 326 g/mol. The largest absolute Gasteiger partial charge is 0.477 e. The van der Waals surface area contributed by atoms with Gasteiger partial charge in [0.25, 0.3) is 0 Å². The fourth-order valence-corrected chi connectivity index (χ4v) is 1.99. The van der Waals surface area contributed by atoms with Gasteiger partial charge < -0.3 is 4.74 Å². The van der Waals surface area contributed by atoms with Crippen LogP contribution in [-0.4, -0.2) is 17.3 Å². The van der Waals surface area contributed by atoms with Crippen LogP contribution in [-0.2, 0) is 0 Å². The zero-order valence-electron chi connectivity index (χ0n) is 10.6. The van der Waals surface area contributed by atoms with Crippen LogP contribution in [0.4, 0.5) is 5.69 Å². The molecule has 0 heterocycles. The van der Waals surface area contributed by atoms with Gasteiger partial charge in [-0.1, -0.05) is 29.3 Å². The van der Waals surface area contributed by atoms with Gasteiger partial charge in [-0.25, -0.2) is 0 Å². The van der Waals surface area contributed by atoms with E-state index in [2.05, 4.69) is 0 Å². The Morgan fingerprint density at radius 1 is 1.14 bits per heavy atom. The summed E-state index contributed by atoms with van der Waals surface area (Å²) >= 11 is 11.6. The van der Waals surface area contributed by atoms with Crippen molar-refractivity contribution in [3.8, 4) is 5.75 Å². The van der Waals surface area contributed by atoms with E-state index in [1.54, 1.807) is 24.3 Å². The Balaban J connectivity index is 2.15. The molecule has 2 aromatic rings. The van der Waals surface area contributed by atoms with Gasteiger partial charge in [0.05, 0.1) is 9.95 Å². The van der Waals surface area contributed by atoms with E-state index in [0.717, 1.165) is 0 Å². The number of halogens is 2. The first kappa shape index (κ1) is 15.3. The van der Waals surface area contributed by atoms with Gasteiger partial charge in [0.15, 0.2) is 12.4 Å². The minimum absolute atomic E-state index is 0.0770. The number of para-hydroxylation sites is 1. The van der Waals surface area contributed by atoms with Crippen molar-refractivity contribution < 1.29 is 14.5 Å². The molecule has 0 atom stereocenters. The quantitative estimate of drug-likeness (QED) is 0.470. The van der Waals surface area contributed by atoms with E-state index in [4.69, 9.17) is 27.9 Å². The lowest BCUT2D eigenvalue weighted by Gasteiger charge is -2.07. The Labute approximate surface area is 130 Å². The molecule has 0 fully saturated rings. The minimum Gasteiger partial charge on any atom is -0.477 e. The molecule has 0 bridgehead atoms. The normalized spacial score (nSPS) is 10.2. The van der Waals surface area contributed by atoms with E-state index in [-0.39, 0.29) is 28.8 Å². The smallest absolute Gasteiger partial charge is 0.312 e. The third-order valence-electron chi connectivity index (χ3n) is 2.66. The molecule has 21 heavy (non-hydrogen) atoms. The van der Waals surface area contributed by atoms with Crippen molar-refractivity contribution >= 4 is 34.7 Å². The number of hydrogen-bond acceptors (Lipinski definition) is 4. The number of hydrogen-bond donors (Lipinski definition) is 0. The third-order valence-corrected chi connectivity index (χ3v) is 3.21. The van der Waals surface area contributed by atoms with Crippen LogP contribution in [0.1, 0.15) is 10.4 Å². The molecular weight excluding hydrogens is 317 g/mol. The molecule has 2 rings (SSSR count). The monoisotopic (exact) mass is 325 g/mol. The number of carbonyl (C=O) groups excluding carboxylic acids is 1. The number of nitro benzene ring substituents is 1. The molecule has 2 aromatic carbocycles. The molecule has 7 heteroatoms. The molecule has 0 aliphatic heterocycles. The van der Waals surface area contributed by atoms with E-state index in [1.807, 2.05) is 0 Å². The second-order valence-corrected chi connectivity index (χ2v) is 4.91. The van der Waals surface area contributed by atoms with Gasteiger partial charge in [0, 0.05) is 16.7 Å². The minimum atomic E-state index is -0.617. The van der Waals surface area contributed by atoms with Gasteiger partial charge in [-0.2, -0.15) is 0 Å². The van der Waals surface area contributed by atoms with E-state index >= 15 is 0 Å². The summed E-state index contributed by atoms with van der Waals surface area (Å²) in [5.41, 5.74) is 0.112. The van der Waals surface area contributed by atoms with Gasteiger partial charge in [0.2, 0.25) is 5.75 Å². The highest BCUT2D eigenvalue weighted by molar-refractivity contribution is 6.32. The molecular formula is C14H9Cl2NO4. The van der Waals surface area contributed by atoms with E-state index < -0.39 is 4.92 Å². The molecule has 5 nitrogen and oxygen atoms in total. The summed E-state index contributed by atoms with van der Waals surface area (Å²) in [5, 5.41) is 11.5. The highest BCUT2D eigenvalue weighted by Crippen LogP contribution is 2.34. The number of ketones is 1. The first-order valence-corrected chi connectivity index (χ1v) is 6.59. The molecule has 0 saturated heterocycles. The number of carbonyl (C=O) groups is 1. The van der Waals surface area contributed by atoms with Gasteiger partial charge in [-0.3, -0.25) is 14.9 Å². The summed E-state index contributed by atoms with van der Waals surface area (Å²) < 4.78 is 5.22. The predicted octanol–water partition coefficient (Wildman–Crippen LogP) is 4.16. The summed E-state index contributed by atoms with van der Waals surface area (Å²) in [6.45, 7) is -0.355. The first-order valence-electron chi connectivity index (χ1n) is 5.83. The predicted molar refractivity (Wildman–Crippen MR) is 79.4 cm³/mol. The van der Waals surface area contributed by atoms with Crippen molar-refractivity contribution in [2.75, 3.05) is 6.61 Å². The molecule has 0 spiro atoms. The molecule has 0 saturated carbocycles. The van der Waals surface area contributed by atoms with Crippen molar-refractivity contribution in [3.63, 3.8) is 0 Å². The second-order valence-electron chi connectivity index (χ2n) is 4.06.